The van der Waals surface area contributed by atoms with Crippen LogP contribution < -0.4 is 0 Å². The summed E-state index contributed by atoms with van der Waals surface area (Å²) >= 11 is 0. The SMILES string of the molecule is Cc1cc2nc(C3CC3)c(/C=C/[C@@H](O)C[C@@H](O)CC(=O)O)c(-c3ccc(F)cc3)n2n1. The quantitative estimate of drug-likeness (QED) is 0.511. The van der Waals surface area contributed by atoms with Crippen molar-refractivity contribution in [3.8, 4) is 11.3 Å². The molecule has 0 bridgehead atoms. The highest BCUT2D eigenvalue weighted by molar-refractivity contribution is 5.76. The largest absolute Gasteiger partial charge is 0.481 e. The highest BCUT2D eigenvalue weighted by Crippen LogP contribution is 2.43. The lowest BCUT2D eigenvalue weighted by Crippen LogP contribution is -2.19. The lowest BCUT2D eigenvalue weighted by atomic mass is 10.00. The standard InChI is InChI=1S/C23H24FN3O4/c1-13-10-20-25-22(14-2-3-14)19(9-8-17(28)11-18(29)12-21(30)31)23(27(20)26-13)15-4-6-16(24)7-5-15/h4-10,14,17-18,28-29H,2-3,11-12H2,1H3,(H,30,31)/b9-8+/t17-,18-/m1/s1. The summed E-state index contributed by atoms with van der Waals surface area (Å²) in [5, 5.41) is 33.5. The number of aliphatic hydroxyl groups excluding tert-OH is 2. The van der Waals surface area contributed by atoms with Crippen molar-refractivity contribution in [1.82, 2.24) is 14.6 Å². The second-order valence-corrected chi connectivity index (χ2v) is 8.01. The van der Waals surface area contributed by atoms with Crippen molar-refractivity contribution in [2.45, 2.75) is 50.7 Å². The van der Waals surface area contributed by atoms with Gasteiger partial charge >= 0.3 is 5.97 Å². The lowest BCUT2D eigenvalue weighted by molar-refractivity contribution is -0.139. The molecule has 1 fully saturated rings. The summed E-state index contributed by atoms with van der Waals surface area (Å²) in [5.41, 5.74) is 4.68. The van der Waals surface area contributed by atoms with Crippen LogP contribution in [0.4, 0.5) is 4.39 Å². The van der Waals surface area contributed by atoms with Crippen molar-refractivity contribution in [2.24, 2.45) is 0 Å². The number of rotatable bonds is 8. The number of fused-ring (bicyclic) bond motifs is 1. The maximum absolute atomic E-state index is 13.6. The molecule has 2 heterocycles. The lowest BCUT2D eigenvalue weighted by Gasteiger charge is -2.15. The fourth-order valence-electron chi connectivity index (χ4n) is 3.72. The molecular weight excluding hydrogens is 401 g/mol. The Morgan fingerprint density at radius 3 is 2.65 bits per heavy atom. The molecular formula is C23H24FN3O4. The van der Waals surface area contributed by atoms with Gasteiger partial charge in [0.05, 0.1) is 35.7 Å². The summed E-state index contributed by atoms with van der Waals surface area (Å²) in [6.45, 7) is 1.88. The molecule has 4 rings (SSSR count). The van der Waals surface area contributed by atoms with Crippen LogP contribution in [-0.2, 0) is 4.79 Å². The zero-order chi connectivity index (χ0) is 22.1. The second-order valence-electron chi connectivity index (χ2n) is 8.01. The Hall–Kier alpha value is -3.10. The molecule has 0 radical (unpaired) electrons. The maximum Gasteiger partial charge on any atom is 0.305 e. The molecule has 3 aromatic rings. The fraction of sp³-hybridized carbons (Fsp3) is 0.348. The van der Waals surface area contributed by atoms with Crippen molar-refractivity contribution >= 4 is 17.7 Å². The maximum atomic E-state index is 13.6. The van der Waals surface area contributed by atoms with Crippen molar-refractivity contribution in [1.29, 1.82) is 0 Å². The van der Waals surface area contributed by atoms with E-state index < -0.39 is 24.6 Å². The predicted octanol–water partition coefficient (Wildman–Crippen LogP) is 3.32. The third-order valence-electron chi connectivity index (χ3n) is 5.28. The van der Waals surface area contributed by atoms with Crippen LogP contribution in [0, 0.1) is 12.7 Å². The molecule has 1 saturated carbocycles. The number of hydrogen-bond donors (Lipinski definition) is 3. The monoisotopic (exact) mass is 425 g/mol. The third kappa shape index (κ3) is 4.81. The van der Waals surface area contributed by atoms with Gasteiger partial charge in [0.15, 0.2) is 5.65 Å². The van der Waals surface area contributed by atoms with E-state index in [2.05, 4.69) is 5.10 Å². The van der Waals surface area contributed by atoms with E-state index >= 15 is 0 Å². The first kappa shape index (κ1) is 21.1. The van der Waals surface area contributed by atoms with E-state index in [-0.39, 0.29) is 12.2 Å². The van der Waals surface area contributed by atoms with Gasteiger partial charge in [-0.3, -0.25) is 4.79 Å². The molecule has 0 saturated heterocycles. The Bertz CT molecular complexity index is 1140. The Morgan fingerprint density at radius 2 is 2.00 bits per heavy atom. The highest BCUT2D eigenvalue weighted by atomic mass is 19.1. The Balaban J connectivity index is 1.79. The summed E-state index contributed by atoms with van der Waals surface area (Å²) in [5.74, 6) is -1.16. The van der Waals surface area contributed by atoms with E-state index in [4.69, 9.17) is 10.1 Å². The minimum absolute atomic E-state index is 0.0933. The number of carboxylic acids is 1. The topological polar surface area (TPSA) is 108 Å². The van der Waals surface area contributed by atoms with E-state index in [1.165, 1.54) is 18.2 Å². The van der Waals surface area contributed by atoms with Crippen LogP contribution in [0.15, 0.2) is 36.4 Å². The van der Waals surface area contributed by atoms with Gasteiger partial charge in [0.2, 0.25) is 0 Å². The van der Waals surface area contributed by atoms with Gasteiger partial charge in [0, 0.05) is 29.5 Å². The molecule has 162 valence electrons. The summed E-state index contributed by atoms with van der Waals surface area (Å²) in [7, 11) is 0. The number of aliphatic hydroxyl groups is 2. The van der Waals surface area contributed by atoms with Crippen LogP contribution in [0.25, 0.3) is 23.0 Å². The van der Waals surface area contributed by atoms with E-state index in [1.807, 2.05) is 13.0 Å². The molecule has 7 nitrogen and oxygen atoms in total. The summed E-state index contributed by atoms with van der Waals surface area (Å²) < 4.78 is 15.3. The number of nitrogens with zero attached hydrogens (tertiary/aromatic N) is 3. The average molecular weight is 425 g/mol. The molecule has 1 aliphatic carbocycles. The molecule has 31 heavy (non-hydrogen) atoms. The molecule has 2 atom stereocenters. The Morgan fingerprint density at radius 1 is 1.29 bits per heavy atom. The van der Waals surface area contributed by atoms with Crippen LogP contribution in [-0.4, -0.2) is 48.1 Å². The van der Waals surface area contributed by atoms with Crippen LogP contribution in [0.5, 0.6) is 0 Å². The minimum atomic E-state index is -1.15. The van der Waals surface area contributed by atoms with E-state index in [0.717, 1.165) is 41.1 Å². The number of hydrogen-bond acceptors (Lipinski definition) is 5. The molecule has 0 spiro atoms. The normalized spacial score (nSPS) is 16.1. The first-order valence-electron chi connectivity index (χ1n) is 10.2. The van der Waals surface area contributed by atoms with Gasteiger partial charge in [-0.15, -0.1) is 0 Å². The molecule has 2 aromatic heterocycles. The number of aliphatic carboxylic acids is 1. The van der Waals surface area contributed by atoms with Crippen molar-refractivity contribution in [2.75, 3.05) is 0 Å². The number of carboxylic acid groups (broad SMARTS) is 1. The van der Waals surface area contributed by atoms with Gasteiger partial charge in [-0.25, -0.2) is 13.9 Å². The Kier molecular flexibility index (Phi) is 5.84. The zero-order valence-corrected chi connectivity index (χ0v) is 17.1. The van der Waals surface area contributed by atoms with Crippen LogP contribution in [0.3, 0.4) is 0 Å². The first-order valence-corrected chi connectivity index (χ1v) is 10.2. The molecule has 1 aliphatic rings. The minimum Gasteiger partial charge on any atom is -0.481 e. The predicted molar refractivity (Wildman–Crippen MR) is 113 cm³/mol. The molecule has 3 N–H and O–H groups in total. The second kappa shape index (κ2) is 8.56. The molecule has 1 aromatic carbocycles. The number of halogens is 1. The summed E-state index contributed by atoms with van der Waals surface area (Å²) in [6, 6.07) is 8.03. The zero-order valence-electron chi connectivity index (χ0n) is 17.1. The van der Waals surface area contributed by atoms with Gasteiger partial charge in [-0.2, -0.15) is 5.10 Å². The van der Waals surface area contributed by atoms with Crippen molar-refractivity contribution in [3.05, 3.63) is 59.2 Å². The van der Waals surface area contributed by atoms with Crippen LogP contribution >= 0.6 is 0 Å². The average Bonchev–Trinajstić information content (AvgIpc) is 3.46. The summed E-state index contributed by atoms with van der Waals surface area (Å²) in [6.07, 6.45) is 2.60. The van der Waals surface area contributed by atoms with E-state index in [0.29, 0.717) is 11.6 Å². The van der Waals surface area contributed by atoms with Gasteiger partial charge in [0.1, 0.15) is 5.82 Å². The van der Waals surface area contributed by atoms with Gasteiger partial charge < -0.3 is 15.3 Å². The summed E-state index contributed by atoms with van der Waals surface area (Å²) in [4.78, 5) is 15.6. The van der Waals surface area contributed by atoms with E-state index in [1.54, 1.807) is 22.7 Å². The molecule has 0 unspecified atom stereocenters. The fourth-order valence-corrected chi connectivity index (χ4v) is 3.72. The van der Waals surface area contributed by atoms with Crippen molar-refractivity contribution in [3.63, 3.8) is 0 Å². The van der Waals surface area contributed by atoms with Crippen molar-refractivity contribution < 1.29 is 24.5 Å². The third-order valence-corrected chi connectivity index (χ3v) is 5.28. The number of benzene rings is 1. The highest BCUT2D eigenvalue weighted by Gasteiger charge is 2.30. The van der Waals surface area contributed by atoms with Gasteiger partial charge in [-0.05, 0) is 44.0 Å². The number of carbonyl (C=O) groups is 1. The molecule has 0 amide bonds. The number of aryl methyl sites for hydroxylation is 1. The molecule has 8 heteroatoms. The van der Waals surface area contributed by atoms with Crippen LogP contribution in [0.2, 0.25) is 0 Å². The van der Waals surface area contributed by atoms with Crippen LogP contribution in [0.1, 0.15) is 48.6 Å². The number of aromatic nitrogens is 3. The van der Waals surface area contributed by atoms with Gasteiger partial charge in [0.25, 0.3) is 0 Å². The first-order chi connectivity index (χ1) is 14.8. The van der Waals surface area contributed by atoms with E-state index in [9.17, 15) is 19.4 Å². The smallest absolute Gasteiger partial charge is 0.305 e. The van der Waals surface area contributed by atoms with Gasteiger partial charge in [-0.1, -0.05) is 12.2 Å². The Labute approximate surface area is 178 Å². The molecule has 0 aliphatic heterocycles.